The quantitative estimate of drug-likeness (QED) is 0.831. The fourth-order valence-corrected chi connectivity index (χ4v) is 3.31. The summed E-state index contributed by atoms with van der Waals surface area (Å²) in [5.41, 5.74) is 6.88. The summed E-state index contributed by atoms with van der Waals surface area (Å²) >= 11 is 1.62. The van der Waals surface area contributed by atoms with Crippen LogP contribution in [-0.4, -0.2) is 23.0 Å². The predicted molar refractivity (Wildman–Crippen MR) is 81.8 cm³/mol. The van der Waals surface area contributed by atoms with Gasteiger partial charge in [0.15, 0.2) is 5.13 Å². The van der Waals surface area contributed by atoms with E-state index in [0.29, 0.717) is 5.13 Å². The molecule has 3 rings (SSSR count). The van der Waals surface area contributed by atoms with Crippen LogP contribution in [0.3, 0.4) is 0 Å². The summed E-state index contributed by atoms with van der Waals surface area (Å²) < 4.78 is 5.69. The maximum atomic E-state index is 5.70. The van der Waals surface area contributed by atoms with Gasteiger partial charge in [-0.3, -0.25) is 4.90 Å². The first-order valence-corrected chi connectivity index (χ1v) is 7.77. The van der Waals surface area contributed by atoms with Gasteiger partial charge in [-0.1, -0.05) is 18.2 Å². The number of anilines is 1. The molecule has 5 heteroatoms. The largest absolute Gasteiger partial charge is 0.494 e. The summed E-state index contributed by atoms with van der Waals surface area (Å²) in [6.07, 6.45) is 2.23. The average molecular weight is 289 g/mol. The molecule has 106 valence electrons. The summed E-state index contributed by atoms with van der Waals surface area (Å²) in [5.74, 6) is 0.954. The van der Waals surface area contributed by atoms with E-state index in [1.165, 1.54) is 10.6 Å². The van der Waals surface area contributed by atoms with Gasteiger partial charge in [0.1, 0.15) is 5.75 Å². The topological polar surface area (TPSA) is 51.4 Å². The van der Waals surface area contributed by atoms with Crippen LogP contribution in [0.2, 0.25) is 0 Å². The third kappa shape index (κ3) is 3.29. The number of hydrogen-bond acceptors (Lipinski definition) is 5. The highest BCUT2D eigenvalue weighted by Crippen LogP contribution is 2.29. The number of para-hydroxylation sites is 1. The van der Waals surface area contributed by atoms with Gasteiger partial charge >= 0.3 is 0 Å². The fourth-order valence-electron chi connectivity index (χ4n) is 2.42. The molecule has 4 nitrogen and oxygen atoms in total. The van der Waals surface area contributed by atoms with Gasteiger partial charge in [0.05, 0.1) is 12.3 Å². The molecule has 0 amide bonds. The molecule has 2 aromatic rings. The highest BCUT2D eigenvalue weighted by atomic mass is 32.1. The molecule has 0 saturated heterocycles. The lowest BCUT2D eigenvalue weighted by Crippen LogP contribution is -2.18. The van der Waals surface area contributed by atoms with Crippen LogP contribution in [0.4, 0.5) is 5.13 Å². The van der Waals surface area contributed by atoms with Crippen molar-refractivity contribution in [3.63, 3.8) is 0 Å². The van der Waals surface area contributed by atoms with Gasteiger partial charge in [-0.25, -0.2) is 4.98 Å². The molecule has 0 spiro atoms. The molecule has 0 atom stereocenters. The van der Waals surface area contributed by atoms with E-state index in [4.69, 9.17) is 10.5 Å². The number of unbranched alkanes of at least 4 members (excludes halogenated alkanes) is 1. The molecule has 2 heterocycles. The number of thiazole rings is 1. The smallest absolute Gasteiger partial charge is 0.180 e. The maximum Gasteiger partial charge on any atom is 0.180 e. The first-order chi connectivity index (χ1) is 9.81. The summed E-state index contributed by atoms with van der Waals surface area (Å²) in [5, 5.41) is 0.700. The number of nitrogens with two attached hydrogens (primary N) is 1. The van der Waals surface area contributed by atoms with Crippen molar-refractivity contribution in [3.8, 4) is 5.75 Å². The van der Waals surface area contributed by atoms with Crippen LogP contribution in [0.1, 0.15) is 23.4 Å². The standard InChI is InChI=1S/C15H19N3OS/c16-15-17-13-10-18(11-14(13)20-15)8-4-5-9-19-12-6-2-1-3-7-12/h1-3,6-7H,4-5,8-11H2,(H2,16,17). The lowest BCUT2D eigenvalue weighted by Gasteiger charge is -2.14. The number of rotatable bonds is 6. The summed E-state index contributed by atoms with van der Waals surface area (Å²) in [6, 6.07) is 9.98. The van der Waals surface area contributed by atoms with E-state index >= 15 is 0 Å². The lowest BCUT2D eigenvalue weighted by molar-refractivity contribution is 0.254. The second-order valence-corrected chi connectivity index (χ2v) is 6.12. The molecular weight excluding hydrogens is 270 g/mol. The van der Waals surface area contributed by atoms with Gasteiger partial charge in [0.2, 0.25) is 0 Å². The summed E-state index contributed by atoms with van der Waals surface area (Å²) in [7, 11) is 0. The zero-order valence-electron chi connectivity index (χ0n) is 11.4. The Morgan fingerprint density at radius 2 is 2.05 bits per heavy atom. The van der Waals surface area contributed by atoms with Crippen LogP contribution in [0.5, 0.6) is 5.75 Å². The number of nitrogens with zero attached hydrogens (tertiary/aromatic N) is 2. The molecule has 0 saturated carbocycles. The monoisotopic (exact) mass is 289 g/mol. The van der Waals surface area contributed by atoms with Crippen molar-refractivity contribution in [1.29, 1.82) is 0 Å². The van der Waals surface area contributed by atoms with Gasteiger partial charge in [0.25, 0.3) is 0 Å². The SMILES string of the molecule is Nc1nc2c(s1)CN(CCCCOc1ccccc1)C2. The number of hydrogen-bond donors (Lipinski definition) is 1. The molecule has 1 aliphatic heterocycles. The van der Waals surface area contributed by atoms with Crippen molar-refractivity contribution in [2.24, 2.45) is 0 Å². The van der Waals surface area contributed by atoms with E-state index < -0.39 is 0 Å². The molecule has 1 aromatic heterocycles. The number of aromatic nitrogens is 1. The van der Waals surface area contributed by atoms with Crippen LogP contribution >= 0.6 is 11.3 Å². The molecule has 1 aliphatic rings. The van der Waals surface area contributed by atoms with Gasteiger partial charge < -0.3 is 10.5 Å². The third-order valence-electron chi connectivity index (χ3n) is 3.42. The number of fused-ring (bicyclic) bond motifs is 1. The first kappa shape index (κ1) is 13.4. The lowest BCUT2D eigenvalue weighted by atomic mass is 10.3. The molecule has 1 aromatic carbocycles. The van der Waals surface area contributed by atoms with Crippen molar-refractivity contribution in [3.05, 3.63) is 40.9 Å². The predicted octanol–water partition coefficient (Wildman–Crippen LogP) is 2.90. The van der Waals surface area contributed by atoms with Crippen molar-refractivity contribution in [2.75, 3.05) is 18.9 Å². The van der Waals surface area contributed by atoms with Gasteiger partial charge in [-0.2, -0.15) is 0 Å². The van der Waals surface area contributed by atoms with Crippen LogP contribution in [-0.2, 0) is 13.1 Å². The average Bonchev–Trinajstić information content (AvgIpc) is 2.96. The Labute approximate surface area is 123 Å². The Balaban J connectivity index is 1.32. The Morgan fingerprint density at radius 1 is 1.20 bits per heavy atom. The molecule has 0 bridgehead atoms. The van der Waals surface area contributed by atoms with Gasteiger partial charge in [0, 0.05) is 18.0 Å². The van der Waals surface area contributed by atoms with Crippen LogP contribution in [0.15, 0.2) is 30.3 Å². The van der Waals surface area contributed by atoms with E-state index in [2.05, 4.69) is 9.88 Å². The van der Waals surface area contributed by atoms with E-state index in [9.17, 15) is 0 Å². The maximum absolute atomic E-state index is 5.70. The minimum atomic E-state index is 0.700. The highest BCUT2D eigenvalue weighted by Gasteiger charge is 2.22. The second kappa shape index (κ2) is 6.24. The zero-order chi connectivity index (χ0) is 13.8. The number of benzene rings is 1. The molecule has 20 heavy (non-hydrogen) atoms. The second-order valence-electron chi connectivity index (χ2n) is 5.00. The molecule has 0 radical (unpaired) electrons. The molecule has 2 N–H and O–H groups in total. The van der Waals surface area contributed by atoms with E-state index in [1.807, 2.05) is 30.3 Å². The summed E-state index contributed by atoms with van der Waals surface area (Å²) in [4.78, 5) is 8.12. The van der Waals surface area contributed by atoms with Crippen molar-refractivity contribution in [2.45, 2.75) is 25.9 Å². The third-order valence-corrected chi connectivity index (χ3v) is 4.33. The Morgan fingerprint density at radius 3 is 2.85 bits per heavy atom. The van der Waals surface area contributed by atoms with Crippen molar-refractivity contribution < 1.29 is 4.74 Å². The normalized spacial score (nSPS) is 14.4. The molecule has 0 unspecified atom stereocenters. The van der Waals surface area contributed by atoms with E-state index in [-0.39, 0.29) is 0 Å². The zero-order valence-corrected chi connectivity index (χ0v) is 12.2. The Kier molecular flexibility index (Phi) is 4.18. The fraction of sp³-hybridized carbons (Fsp3) is 0.400. The molecular formula is C15H19N3OS. The van der Waals surface area contributed by atoms with Crippen LogP contribution in [0.25, 0.3) is 0 Å². The van der Waals surface area contributed by atoms with Crippen LogP contribution in [0, 0.1) is 0 Å². The Bertz CT molecular complexity index is 532. The first-order valence-electron chi connectivity index (χ1n) is 6.95. The molecule has 0 fully saturated rings. The van der Waals surface area contributed by atoms with Crippen molar-refractivity contribution in [1.82, 2.24) is 9.88 Å². The summed E-state index contributed by atoms with van der Waals surface area (Å²) in [6.45, 7) is 3.83. The highest BCUT2D eigenvalue weighted by molar-refractivity contribution is 7.15. The Hall–Kier alpha value is -1.59. The van der Waals surface area contributed by atoms with Crippen molar-refractivity contribution >= 4 is 16.5 Å². The van der Waals surface area contributed by atoms with E-state index in [0.717, 1.165) is 44.8 Å². The number of ether oxygens (including phenoxy) is 1. The minimum Gasteiger partial charge on any atom is -0.494 e. The number of nitrogen functional groups attached to an aromatic ring is 1. The minimum absolute atomic E-state index is 0.700. The van der Waals surface area contributed by atoms with Gasteiger partial charge in [-0.15, -0.1) is 11.3 Å². The van der Waals surface area contributed by atoms with Gasteiger partial charge in [-0.05, 0) is 31.5 Å². The van der Waals surface area contributed by atoms with E-state index in [1.54, 1.807) is 11.3 Å². The van der Waals surface area contributed by atoms with Crippen LogP contribution < -0.4 is 10.5 Å². The molecule has 0 aliphatic carbocycles.